The summed E-state index contributed by atoms with van der Waals surface area (Å²) in [4.78, 5) is 8.89. The van der Waals surface area contributed by atoms with Crippen LogP contribution in [0.3, 0.4) is 0 Å². The van der Waals surface area contributed by atoms with Gasteiger partial charge in [-0.15, -0.1) is 0 Å². The van der Waals surface area contributed by atoms with E-state index >= 15 is 0 Å². The van der Waals surface area contributed by atoms with Crippen LogP contribution in [0, 0.1) is 0 Å². The summed E-state index contributed by atoms with van der Waals surface area (Å²) in [6, 6.07) is 0. The molecule has 0 heterocycles. The molecule has 0 unspecified atom stereocenters. The second kappa shape index (κ2) is 7.13. The van der Waals surface area contributed by atoms with Crippen LogP contribution in [0.25, 0.3) is 0 Å². The Morgan fingerprint density at radius 3 is 1.38 bits per heavy atom. The van der Waals surface area contributed by atoms with Gasteiger partial charge >= 0.3 is 32.9 Å². The van der Waals surface area contributed by atoms with Crippen molar-refractivity contribution in [3.05, 3.63) is 0 Å². The molecule has 0 bridgehead atoms. The van der Waals surface area contributed by atoms with E-state index in [1.807, 2.05) is 0 Å². The third kappa shape index (κ3) is 9220. The number of rotatable bonds is 0. The minimum atomic E-state index is -1.08. The van der Waals surface area contributed by atoms with Crippen LogP contribution < -0.4 is 5.11 Å². The van der Waals surface area contributed by atoms with Gasteiger partial charge in [0.1, 0.15) is 0 Å². The molecule has 0 radical (unpaired) electrons. The van der Waals surface area contributed by atoms with Crippen LogP contribution in [0.2, 0.25) is 16.2 Å². The van der Waals surface area contributed by atoms with Gasteiger partial charge in [0, 0.05) is 5.97 Å². The van der Waals surface area contributed by atoms with Gasteiger partial charge in [0.05, 0.1) is 0 Å². The predicted octanol–water partition coefficient (Wildman–Crippen LogP) is 0.505. The van der Waals surface area contributed by atoms with E-state index < -0.39 is 5.97 Å². The number of carboxylic acids is 1. The molecule has 0 aromatic heterocycles. The van der Waals surface area contributed by atoms with Crippen LogP contribution in [0.5, 0.6) is 0 Å². The van der Waals surface area contributed by atoms with Gasteiger partial charge in [-0.1, -0.05) is 0 Å². The normalized spacial score (nSPS) is 8.75. The first-order valence-corrected chi connectivity index (χ1v) is 6.52. The molecule has 0 saturated heterocycles. The van der Waals surface area contributed by atoms with E-state index in [9.17, 15) is 0 Å². The van der Waals surface area contributed by atoms with Gasteiger partial charge in [-0.3, -0.25) is 0 Å². The molecular weight excluding hydrogens is 198 g/mol. The first kappa shape index (κ1) is 11.0. The first-order chi connectivity index (χ1) is 3.46. The van der Waals surface area contributed by atoms with Crippen molar-refractivity contribution < 1.29 is 26.7 Å². The van der Waals surface area contributed by atoms with Crippen molar-refractivity contribution in [1.82, 2.24) is 0 Å². The molecule has 0 amide bonds. The molecule has 0 aliphatic rings. The van der Waals surface area contributed by atoms with Gasteiger partial charge < -0.3 is 9.90 Å². The quantitative estimate of drug-likeness (QED) is 0.547. The topological polar surface area (TPSA) is 40.1 Å². The molecule has 0 fully saturated rings. The summed E-state index contributed by atoms with van der Waals surface area (Å²) in [5.41, 5.74) is 0. The Labute approximate surface area is 56.2 Å². The van der Waals surface area contributed by atoms with Crippen molar-refractivity contribution >= 4 is 5.97 Å². The molecule has 0 aromatic rings. The zero-order chi connectivity index (χ0) is 7.15. The molecule has 0 aromatic carbocycles. The van der Waals surface area contributed by atoms with Crippen molar-refractivity contribution in [2.24, 2.45) is 0 Å². The molecule has 0 saturated carbocycles. The SMILES string of the molecule is CC(=O)[O-].[CH3][Pd+]([CH3])[CH3]. The van der Waals surface area contributed by atoms with Crippen LogP contribution in [-0.2, 0) is 21.6 Å². The van der Waals surface area contributed by atoms with Crippen molar-refractivity contribution in [1.29, 1.82) is 0 Å². The van der Waals surface area contributed by atoms with Gasteiger partial charge in [-0.25, -0.2) is 0 Å². The molecule has 0 spiro atoms. The summed E-state index contributed by atoms with van der Waals surface area (Å²) in [6.45, 7) is 0.972. The Hall–Kier alpha value is 0.132. The van der Waals surface area contributed by atoms with E-state index in [0.717, 1.165) is 6.92 Å². The second-order valence-corrected chi connectivity index (χ2v) is 6.10. The molecule has 8 heavy (non-hydrogen) atoms. The van der Waals surface area contributed by atoms with E-state index in [1.165, 1.54) is 0 Å². The fourth-order valence-electron chi connectivity index (χ4n) is 0. The number of carboxylic acid groups (broad SMARTS) is 1. The molecule has 0 aliphatic carbocycles. The second-order valence-electron chi connectivity index (χ2n) is 1.44. The van der Waals surface area contributed by atoms with Gasteiger partial charge in [0.25, 0.3) is 0 Å². The van der Waals surface area contributed by atoms with Crippen molar-refractivity contribution in [2.75, 3.05) is 0 Å². The molecule has 3 heteroatoms. The Bertz CT molecular complexity index is 54.7. The van der Waals surface area contributed by atoms with Crippen molar-refractivity contribution in [2.45, 2.75) is 23.1 Å². The maximum atomic E-state index is 8.89. The Morgan fingerprint density at radius 2 is 1.38 bits per heavy atom. The van der Waals surface area contributed by atoms with Gasteiger partial charge in [-0.2, -0.15) is 0 Å². The van der Waals surface area contributed by atoms with Crippen LogP contribution in [0.15, 0.2) is 0 Å². The third-order valence-electron chi connectivity index (χ3n) is 0. The molecule has 54 valence electrons. The van der Waals surface area contributed by atoms with Gasteiger partial charge in [0.2, 0.25) is 0 Å². The Morgan fingerprint density at radius 1 is 1.38 bits per heavy atom. The third-order valence-corrected chi connectivity index (χ3v) is 0. The van der Waals surface area contributed by atoms with Gasteiger partial charge in [0.15, 0.2) is 0 Å². The standard InChI is InChI=1S/C2H4O2.3CH3.Pd/c1-2(3)4;;;;/h1H3,(H,3,4);3*1H3;/q;;;;+1/p-1. The molecule has 0 rings (SSSR count). The number of carbonyl (C=O) groups is 1. The number of carbonyl (C=O) groups excluding carboxylic acids is 1. The van der Waals surface area contributed by atoms with Crippen LogP contribution >= 0.6 is 0 Å². The maximum absolute atomic E-state index is 8.89. The summed E-state index contributed by atoms with van der Waals surface area (Å²) in [6.07, 6.45) is 0. The van der Waals surface area contributed by atoms with Gasteiger partial charge in [-0.05, 0) is 6.92 Å². The minimum absolute atomic E-state index is 0.0167. The van der Waals surface area contributed by atoms with E-state index in [-0.39, 0.29) is 16.8 Å². The average molecular weight is 211 g/mol. The summed E-state index contributed by atoms with van der Waals surface area (Å²) in [7, 11) is 0. The van der Waals surface area contributed by atoms with Crippen molar-refractivity contribution in [3.8, 4) is 0 Å². The monoisotopic (exact) mass is 210 g/mol. The summed E-state index contributed by atoms with van der Waals surface area (Å²) >= 11 is 0.0167. The number of aliphatic carboxylic acids is 1. The zero-order valence-corrected chi connectivity index (χ0v) is 7.19. The predicted molar refractivity (Wildman–Crippen MR) is 28.3 cm³/mol. The van der Waals surface area contributed by atoms with E-state index in [2.05, 4.69) is 16.2 Å². The summed E-state index contributed by atoms with van der Waals surface area (Å²) in [5, 5.41) is 15.7. The summed E-state index contributed by atoms with van der Waals surface area (Å²) < 4.78 is 0. The van der Waals surface area contributed by atoms with Crippen LogP contribution in [0.4, 0.5) is 0 Å². The Balaban J connectivity index is 0. The molecule has 0 N–H and O–H groups in total. The first-order valence-electron chi connectivity index (χ1n) is 1.86. The van der Waals surface area contributed by atoms with E-state index in [1.54, 1.807) is 0 Å². The average Bonchev–Trinajstić information content (AvgIpc) is 1.25. The fourth-order valence-corrected chi connectivity index (χ4v) is 0. The van der Waals surface area contributed by atoms with Crippen LogP contribution in [-0.4, -0.2) is 5.97 Å². The van der Waals surface area contributed by atoms with E-state index in [0.29, 0.717) is 0 Å². The molecule has 2 nitrogen and oxygen atoms in total. The Kier molecular flexibility index (Phi) is 9.81. The summed E-state index contributed by atoms with van der Waals surface area (Å²) in [5.74, 6) is -1.08. The van der Waals surface area contributed by atoms with E-state index in [4.69, 9.17) is 9.90 Å². The molecular formula is C5H12O2Pd. The zero-order valence-electron chi connectivity index (χ0n) is 5.63. The van der Waals surface area contributed by atoms with Crippen molar-refractivity contribution in [3.63, 3.8) is 0 Å². The number of hydrogen-bond acceptors (Lipinski definition) is 2. The van der Waals surface area contributed by atoms with Crippen LogP contribution in [0.1, 0.15) is 6.92 Å². The fraction of sp³-hybridized carbons (Fsp3) is 0.800. The number of hydrogen-bond donors (Lipinski definition) is 0. The molecule has 0 atom stereocenters. The molecule has 0 aliphatic heterocycles.